The average Bonchev–Trinajstić information content (AvgIpc) is 3.28. The summed E-state index contributed by atoms with van der Waals surface area (Å²) in [6.45, 7) is 6.42. The highest BCUT2D eigenvalue weighted by atomic mass is 16.5. The van der Waals surface area contributed by atoms with E-state index in [0.717, 1.165) is 35.4 Å². The highest BCUT2D eigenvalue weighted by Gasteiger charge is 2.43. The molecule has 1 fully saturated rings. The molecule has 4 aliphatic rings. The molecule has 198 valence electrons. The number of anilines is 1. The van der Waals surface area contributed by atoms with Gasteiger partial charge in [0, 0.05) is 42.1 Å². The van der Waals surface area contributed by atoms with Crippen LogP contribution >= 0.6 is 0 Å². The molecule has 0 spiro atoms. The van der Waals surface area contributed by atoms with Gasteiger partial charge in [-0.05, 0) is 63.1 Å². The van der Waals surface area contributed by atoms with Gasteiger partial charge in [-0.3, -0.25) is 9.59 Å². The Balaban J connectivity index is 1.38. The number of hydrogen-bond acceptors (Lipinski definition) is 6. The molecular formula is C30H33N3O5. The van der Waals surface area contributed by atoms with Crippen LogP contribution in [0.5, 0.6) is 11.5 Å². The van der Waals surface area contributed by atoms with Gasteiger partial charge in [-0.15, -0.1) is 0 Å². The molecule has 2 unspecified atom stereocenters. The minimum atomic E-state index is -0.356. The third kappa shape index (κ3) is 4.26. The zero-order valence-corrected chi connectivity index (χ0v) is 22.1. The van der Waals surface area contributed by atoms with Crippen LogP contribution in [0.1, 0.15) is 48.2 Å². The summed E-state index contributed by atoms with van der Waals surface area (Å²) in [5, 5.41) is 6.52. The number of morpholine rings is 1. The van der Waals surface area contributed by atoms with Crippen LogP contribution in [-0.4, -0.2) is 61.4 Å². The molecular weight excluding hydrogens is 482 g/mol. The van der Waals surface area contributed by atoms with Gasteiger partial charge in [0.2, 0.25) is 0 Å². The smallest absolute Gasteiger partial charge is 0.254 e. The first-order valence-electron chi connectivity index (χ1n) is 13.3. The molecule has 2 aromatic carbocycles. The number of nitrogens with zero attached hydrogens (tertiary/aromatic N) is 3. The Kier molecular flexibility index (Phi) is 6.22. The van der Waals surface area contributed by atoms with Gasteiger partial charge in [0.05, 0.1) is 37.6 Å². The van der Waals surface area contributed by atoms with Crippen LogP contribution in [0.15, 0.2) is 53.7 Å². The van der Waals surface area contributed by atoms with Crippen molar-refractivity contribution in [2.45, 2.75) is 38.7 Å². The number of allylic oxidation sites excluding steroid dienone is 2. The van der Waals surface area contributed by atoms with E-state index in [-0.39, 0.29) is 29.3 Å². The highest BCUT2D eigenvalue weighted by Crippen LogP contribution is 2.46. The number of methoxy groups -OCH3 is 1. The molecule has 0 N–H and O–H groups in total. The van der Waals surface area contributed by atoms with Crippen LogP contribution < -0.4 is 14.5 Å². The molecule has 3 aliphatic heterocycles. The van der Waals surface area contributed by atoms with Crippen molar-refractivity contribution >= 4 is 23.2 Å². The number of hydrazone groups is 1. The van der Waals surface area contributed by atoms with Crippen molar-refractivity contribution in [3.63, 3.8) is 0 Å². The van der Waals surface area contributed by atoms with Crippen molar-refractivity contribution in [1.82, 2.24) is 4.90 Å². The number of carbonyl (C=O) groups is 2. The highest BCUT2D eigenvalue weighted by molar-refractivity contribution is 6.12. The summed E-state index contributed by atoms with van der Waals surface area (Å²) in [5.74, 6) is 1.22. The van der Waals surface area contributed by atoms with E-state index in [1.165, 1.54) is 5.01 Å². The van der Waals surface area contributed by atoms with Crippen molar-refractivity contribution in [3.05, 3.63) is 65.2 Å². The summed E-state index contributed by atoms with van der Waals surface area (Å²) < 4.78 is 17.3. The molecule has 8 nitrogen and oxygen atoms in total. The molecule has 2 atom stereocenters. The third-order valence-electron chi connectivity index (χ3n) is 7.88. The zero-order valence-electron chi connectivity index (χ0n) is 22.1. The van der Waals surface area contributed by atoms with E-state index in [1.807, 2.05) is 18.2 Å². The number of fused-ring (bicyclic) bond motifs is 2. The Labute approximate surface area is 222 Å². The van der Waals surface area contributed by atoms with E-state index < -0.39 is 0 Å². The summed E-state index contributed by atoms with van der Waals surface area (Å²) in [6, 6.07) is 11.2. The average molecular weight is 516 g/mol. The summed E-state index contributed by atoms with van der Waals surface area (Å²) in [6.07, 6.45) is 6.41. The quantitative estimate of drug-likeness (QED) is 0.570. The molecule has 6 rings (SSSR count). The maximum atomic E-state index is 13.7. The van der Waals surface area contributed by atoms with E-state index >= 15 is 0 Å². The number of benzene rings is 2. The first-order chi connectivity index (χ1) is 18.4. The number of amides is 2. The van der Waals surface area contributed by atoms with Crippen LogP contribution in [0.4, 0.5) is 5.69 Å². The van der Waals surface area contributed by atoms with Crippen molar-refractivity contribution in [1.29, 1.82) is 0 Å². The second kappa shape index (κ2) is 9.58. The molecule has 0 saturated carbocycles. The van der Waals surface area contributed by atoms with Crippen molar-refractivity contribution in [2.24, 2.45) is 16.9 Å². The summed E-state index contributed by atoms with van der Waals surface area (Å²) >= 11 is 0. The van der Waals surface area contributed by atoms with Gasteiger partial charge in [-0.25, -0.2) is 5.01 Å². The van der Waals surface area contributed by atoms with Crippen molar-refractivity contribution < 1.29 is 23.8 Å². The largest absolute Gasteiger partial charge is 0.493 e. The summed E-state index contributed by atoms with van der Waals surface area (Å²) in [7, 11) is 1.65. The fourth-order valence-corrected chi connectivity index (χ4v) is 5.94. The van der Waals surface area contributed by atoms with E-state index in [4.69, 9.17) is 19.3 Å². The molecule has 0 radical (unpaired) electrons. The number of ether oxygens (including phenoxy) is 3. The zero-order chi connectivity index (χ0) is 26.4. The SMILES string of the molecule is COc1ccc(C2=NN(c3ccc(C(=O)N4CCOCC4)cc3)C(=O)C3CC=CCC23)c2c1OC(C)(C)C2. The number of hydrogen-bond donors (Lipinski definition) is 0. The van der Waals surface area contributed by atoms with Gasteiger partial charge in [0.1, 0.15) is 5.60 Å². The lowest BCUT2D eigenvalue weighted by Crippen LogP contribution is -2.45. The topological polar surface area (TPSA) is 80.7 Å². The van der Waals surface area contributed by atoms with Gasteiger partial charge in [-0.1, -0.05) is 12.2 Å². The van der Waals surface area contributed by atoms with Crippen LogP contribution in [0.25, 0.3) is 0 Å². The Morgan fingerprint density at radius 1 is 1.03 bits per heavy atom. The van der Waals surface area contributed by atoms with E-state index in [0.29, 0.717) is 49.7 Å². The Morgan fingerprint density at radius 2 is 1.74 bits per heavy atom. The first kappa shape index (κ1) is 24.7. The minimum absolute atomic E-state index is 0.00729. The molecule has 8 heteroatoms. The second-order valence-corrected chi connectivity index (χ2v) is 10.9. The molecule has 38 heavy (non-hydrogen) atoms. The minimum Gasteiger partial charge on any atom is -0.493 e. The Morgan fingerprint density at radius 3 is 2.45 bits per heavy atom. The van der Waals surface area contributed by atoms with Gasteiger partial charge < -0.3 is 19.1 Å². The van der Waals surface area contributed by atoms with Gasteiger partial charge in [-0.2, -0.15) is 5.10 Å². The van der Waals surface area contributed by atoms with Crippen LogP contribution in [0.2, 0.25) is 0 Å². The molecule has 2 aromatic rings. The predicted octanol–water partition coefficient (Wildman–Crippen LogP) is 4.21. The van der Waals surface area contributed by atoms with Crippen LogP contribution in [0, 0.1) is 11.8 Å². The maximum absolute atomic E-state index is 13.7. The molecule has 0 aromatic heterocycles. The maximum Gasteiger partial charge on any atom is 0.254 e. The second-order valence-electron chi connectivity index (χ2n) is 10.9. The monoisotopic (exact) mass is 515 g/mol. The lowest BCUT2D eigenvalue weighted by Gasteiger charge is -2.37. The standard InChI is InChI=1S/C30H33N3O5/c1-30(2)18-24-22(12-13-25(36-3)27(24)38-30)26-21-6-4-5-7-23(21)29(35)33(31-26)20-10-8-19(9-11-20)28(34)32-14-16-37-17-15-32/h4-5,8-13,21,23H,6-7,14-18H2,1-3H3. The lowest BCUT2D eigenvalue weighted by molar-refractivity contribution is -0.123. The fraction of sp³-hybridized carbons (Fsp3) is 0.433. The molecule has 2 amide bonds. The fourth-order valence-electron chi connectivity index (χ4n) is 5.94. The van der Waals surface area contributed by atoms with Crippen molar-refractivity contribution in [3.8, 4) is 11.5 Å². The molecule has 3 heterocycles. The number of rotatable bonds is 4. The van der Waals surface area contributed by atoms with Crippen molar-refractivity contribution in [2.75, 3.05) is 38.4 Å². The van der Waals surface area contributed by atoms with Crippen LogP contribution in [0.3, 0.4) is 0 Å². The molecule has 1 saturated heterocycles. The predicted molar refractivity (Wildman–Crippen MR) is 144 cm³/mol. The van der Waals surface area contributed by atoms with E-state index in [1.54, 1.807) is 24.1 Å². The summed E-state index contributed by atoms with van der Waals surface area (Å²) in [5.41, 5.74) is 3.87. The summed E-state index contributed by atoms with van der Waals surface area (Å²) in [4.78, 5) is 28.4. The van der Waals surface area contributed by atoms with Gasteiger partial charge in [0.25, 0.3) is 11.8 Å². The Hall–Kier alpha value is -3.65. The Bertz CT molecular complexity index is 1320. The van der Waals surface area contributed by atoms with Gasteiger partial charge in [0.15, 0.2) is 11.5 Å². The van der Waals surface area contributed by atoms with Crippen LogP contribution in [-0.2, 0) is 16.0 Å². The normalized spacial score (nSPS) is 23.9. The van der Waals surface area contributed by atoms with Gasteiger partial charge >= 0.3 is 0 Å². The number of carbonyl (C=O) groups excluding carboxylic acids is 2. The third-order valence-corrected chi connectivity index (χ3v) is 7.88. The van der Waals surface area contributed by atoms with E-state index in [9.17, 15) is 9.59 Å². The molecule has 0 bridgehead atoms. The first-order valence-corrected chi connectivity index (χ1v) is 13.3. The lowest BCUT2D eigenvalue weighted by atomic mass is 9.75. The molecule has 1 aliphatic carbocycles. The van der Waals surface area contributed by atoms with E-state index in [2.05, 4.69) is 32.1 Å².